The molecule has 0 radical (unpaired) electrons. The van der Waals surface area contributed by atoms with Crippen LogP contribution in [0.15, 0.2) is 29.2 Å². The first-order valence-corrected chi connectivity index (χ1v) is 14.3. The fourth-order valence-corrected chi connectivity index (χ4v) is 8.38. The molecule has 1 N–H and O–H groups in total. The van der Waals surface area contributed by atoms with Gasteiger partial charge in [0.15, 0.2) is 9.84 Å². The molecule has 0 aromatic heterocycles. The summed E-state index contributed by atoms with van der Waals surface area (Å²) < 4.78 is 56.8. The van der Waals surface area contributed by atoms with Crippen molar-refractivity contribution in [1.29, 1.82) is 0 Å². The zero-order chi connectivity index (χ0) is 22.9. The molecule has 9 nitrogen and oxygen atoms in total. The van der Waals surface area contributed by atoms with Crippen LogP contribution in [0.5, 0.6) is 5.75 Å². The number of ether oxygens (including phenoxy) is 1. The highest BCUT2D eigenvalue weighted by molar-refractivity contribution is 7.91. The van der Waals surface area contributed by atoms with Gasteiger partial charge in [0, 0.05) is 25.0 Å². The van der Waals surface area contributed by atoms with E-state index in [1.165, 1.54) is 23.5 Å². The molecule has 1 amide bonds. The molecular formula is C21H31N3O6S2. The lowest BCUT2D eigenvalue weighted by molar-refractivity contribution is -0.127. The molecule has 32 heavy (non-hydrogen) atoms. The second-order valence-corrected chi connectivity index (χ2v) is 12.9. The van der Waals surface area contributed by atoms with Gasteiger partial charge < -0.3 is 10.1 Å². The number of nitrogens with one attached hydrogen (secondary N) is 1. The van der Waals surface area contributed by atoms with Crippen molar-refractivity contribution >= 4 is 25.8 Å². The second-order valence-electron chi connectivity index (χ2n) is 8.86. The van der Waals surface area contributed by atoms with Crippen molar-refractivity contribution in [3.05, 3.63) is 24.3 Å². The molecule has 1 aromatic rings. The van der Waals surface area contributed by atoms with Crippen molar-refractivity contribution in [2.75, 3.05) is 44.8 Å². The van der Waals surface area contributed by atoms with E-state index >= 15 is 0 Å². The zero-order valence-corrected chi connectivity index (χ0v) is 19.9. The molecule has 3 aliphatic rings. The SMILES string of the molecule is COc1ccc(S(=O)(=O)N2CCC(C(=O)NC3CS(=O)(=O)CC3N3CCCC3)CC2)cc1. The van der Waals surface area contributed by atoms with Gasteiger partial charge in [0.05, 0.1) is 29.6 Å². The van der Waals surface area contributed by atoms with E-state index in [0.717, 1.165) is 25.9 Å². The van der Waals surface area contributed by atoms with Crippen LogP contribution in [0.3, 0.4) is 0 Å². The van der Waals surface area contributed by atoms with Crippen LogP contribution in [0, 0.1) is 5.92 Å². The number of carbonyl (C=O) groups excluding carboxylic acids is 1. The summed E-state index contributed by atoms with van der Waals surface area (Å²) in [5, 5.41) is 2.99. The van der Waals surface area contributed by atoms with Crippen LogP contribution in [0.1, 0.15) is 25.7 Å². The predicted molar refractivity (Wildman–Crippen MR) is 120 cm³/mol. The van der Waals surface area contributed by atoms with Crippen molar-refractivity contribution in [2.45, 2.75) is 42.7 Å². The van der Waals surface area contributed by atoms with E-state index in [-0.39, 0.29) is 47.4 Å². The summed E-state index contributed by atoms with van der Waals surface area (Å²) in [6, 6.07) is 5.70. The van der Waals surface area contributed by atoms with Gasteiger partial charge in [-0.3, -0.25) is 9.69 Å². The fraction of sp³-hybridized carbons (Fsp3) is 0.667. The maximum absolute atomic E-state index is 12.9. The van der Waals surface area contributed by atoms with Crippen LogP contribution in [0.4, 0.5) is 0 Å². The lowest BCUT2D eigenvalue weighted by Gasteiger charge is -2.33. The molecule has 3 heterocycles. The maximum atomic E-state index is 12.9. The summed E-state index contributed by atoms with van der Waals surface area (Å²) in [5.41, 5.74) is 0. The standard InChI is InChI=1S/C21H31N3O6S2/c1-30-17-4-6-18(7-5-17)32(28,29)24-12-8-16(9-13-24)21(25)22-19-14-31(26,27)15-20(19)23-10-2-3-11-23/h4-7,16,19-20H,2-3,8-15H2,1H3,(H,22,25). The Morgan fingerprint density at radius 2 is 1.66 bits per heavy atom. The van der Waals surface area contributed by atoms with Gasteiger partial charge in [-0.1, -0.05) is 0 Å². The number of likely N-dealkylation sites (tertiary alicyclic amines) is 1. The summed E-state index contributed by atoms with van der Waals surface area (Å²) in [4.78, 5) is 15.3. The Morgan fingerprint density at radius 1 is 1.03 bits per heavy atom. The fourth-order valence-electron chi connectivity index (χ4n) is 4.96. The highest BCUT2D eigenvalue weighted by Crippen LogP contribution is 2.27. The number of nitrogens with zero attached hydrogens (tertiary/aromatic N) is 2. The third kappa shape index (κ3) is 4.95. The van der Waals surface area contributed by atoms with Gasteiger partial charge in [0.2, 0.25) is 15.9 Å². The second kappa shape index (κ2) is 9.28. The number of piperidine rings is 1. The molecule has 0 spiro atoms. The van der Waals surface area contributed by atoms with Crippen LogP contribution in [-0.4, -0.2) is 88.8 Å². The highest BCUT2D eigenvalue weighted by Gasteiger charge is 2.43. The van der Waals surface area contributed by atoms with Gasteiger partial charge in [0.1, 0.15) is 5.75 Å². The van der Waals surface area contributed by atoms with E-state index < -0.39 is 25.9 Å². The molecule has 3 saturated heterocycles. The number of rotatable bonds is 6. The number of hydrogen-bond donors (Lipinski definition) is 1. The molecule has 0 bridgehead atoms. The third-order valence-electron chi connectivity index (χ3n) is 6.78. The van der Waals surface area contributed by atoms with E-state index in [1.807, 2.05) is 0 Å². The van der Waals surface area contributed by atoms with Crippen LogP contribution in [0.2, 0.25) is 0 Å². The molecule has 4 rings (SSSR count). The first-order valence-electron chi connectivity index (χ1n) is 11.1. The Labute approximate surface area is 190 Å². The van der Waals surface area contributed by atoms with E-state index in [4.69, 9.17) is 4.74 Å². The first kappa shape index (κ1) is 23.5. The Kier molecular flexibility index (Phi) is 6.81. The largest absolute Gasteiger partial charge is 0.497 e. The molecule has 2 unspecified atom stereocenters. The minimum Gasteiger partial charge on any atom is -0.497 e. The Hall–Kier alpha value is -1.69. The van der Waals surface area contributed by atoms with Crippen molar-refractivity contribution in [3.8, 4) is 5.75 Å². The van der Waals surface area contributed by atoms with Crippen LogP contribution in [-0.2, 0) is 24.7 Å². The molecule has 3 aliphatic heterocycles. The monoisotopic (exact) mass is 485 g/mol. The van der Waals surface area contributed by atoms with Gasteiger partial charge >= 0.3 is 0 Å². The summed E-state index contributed by atoms with van der Waals surface area (Å²) in [7, 11) is -5.29. The molecule has 0 aliphatic carbocycles. The number of amides is 1. The van der Waals surface area contributed by atoms with E-state index in [9.17, 15) is 21.6 Å². The van der Waals surface area contributed by atoms with E-state index in [1.54, 1.807) is 12.1 Å². The minimum absolute atomic E-state index is 0.0232. The quantitative estimate of drug-likeness (QED) is 0.623. The van der Waals surface area contributed by atoms with Crippen LogP contribution in [0.25, 0.3) is 0 Å². The van der Waals surface area contributed by atoms with E-state index in [0.29, 0.717) is 18.6 Å². The van der Waals surface area contributed by atoms with Gasteiger partial charge in [-0.15, -0.1) is 0 Å². The van der Waals surface area contributed by atoms with Crippen molar-refractivity contribution in [1.82, 2.24) is 14.5 Å². The average molecular weight is 486 g/mol. The number of hydrogen-bond acceptors (Lipinski definition) is 7. The number of benzene rings is 1. The van der Waals surface area contributed by atoms with Crippen molar-refractivity contribution in [3.63, 3.8) is 0 Å². The molecule has 0 saturated carbocycles. The van der Waals surface area contributed by atoms with Gasteiger partial charge in [-0.25, -0.2) is 16.8 Å². The first-order chi connectivity index (χ1) is 15.2. The average Bonchev–Trinajstić information content (AvgIpc) is 3.41. The number of sulfone groups is 1. The van der Waals surface area contributed by atoms with Crippen LogP contribution < -0.4 is 10.1 Å². The smallest absolute Gasteiger partial charge is 0.243 e. The number of sulfonamides is 1. The van der Waals surface area contributed by atoms with Gasteiger partial charge in [-0.05, 0) is 63.0 Å². The summed E-state index contributed by atoms with van der Waals surface area (Å²) in [6.07, 6.45) is 2.93. The normalized spacial score (nSPS) is 27.4. The zero-order valence-electron chi connectivity index (χ0n) is 18.3. The highest BCUT2D eigenvalue weighted by atomic mass is 32.2. The summed E-state index contributed by atoms with van der Waals surface area (Å²) in [6.45, 7) is 2.25. The van der Waals surface area contributed by atoms with Crippen molar-refractivity contribution < 1.29 is 26.4 Å². The molecule has 11 heteroatoms. The number of methoxy groups -OCH3 is 1. The summed E-state index contributed by atoms with van der Waals surface area (Å²) in [5.74, 6) is 0.166. The molecular weight excluding hydrogens is 454 g/mol. The predicted octanol–water partition coefficient (Wildman–Crippen LogP) is 0.474. The lowest BCUT2D eigenvalue weighted by atomic mass is 9.96. The minimum atomic E-state index is -3.63. The maximum Gasteiger partial charge on any atom is 0.243 e. The lowest BCUT2D eigenvalue weighted by Crippen LogP contribution is -2.52. The number of carbonyl (C=O) groups is 1. The molecule has 2 atom stereocenters. The summed E-state index contributed by atoms with van der Waals surface area (Å²) >= 11 is 0. The van der Waals surface area contributed by atoms with Crippen LogP contribution >= 0.6 is 0 Å². The molecule has 1 aromatic carbocycles. The third-order valence-corrected chi connectivity index (χ3v) is 10.4. The van der Waals surface area contributed by atoms with Gasteiger partial charge in [-0.2, -0.15) is 4.31 Å². The molecule has 3 fully saturated rings. The van der Waals surface area contributed by atoms with Crippen molar-refractivity contribution in [2.24, 2.45) is 5.92 Å². The topological polar surface area (TPSA) is 113 Å². The Bertz CT molecular complexity index is 1030. The Balaban J connectivity index is 1.35. The molecule has 178 valence electrons. The van der Waals surface area contributed by atoms with E-state index in [2.05, 4.69) is 10.2 Å². The van der Waals surface area contributed by atoms with Gasteiger partial charge in [0.25, 0.3) is 0 Å². The Morgan fingerprint density at radius 3 is 2.25 bits per heavy atom.